The van der Waals surface area contributed by atoms with Crippen LogP contribution in [0.15, 0.2) is 24.4 Å². The van der Waals surface area contributed by atoms with Crippen LogP contribution in [-0.4, -0.2) is 11.0 Å². The summed E-state index contributed by atoms with van der Waals surface area (Å²) in [4.78, 5) is 4.16. The lowest BCUT2D eigenvalue weighted by molar-refractivity contribution is 0.642. The van der Waals surface area contributed by atoms with Crippen LogP contribution in [0.1, 0.15) is 24.8 Å². The van der Waals surface area contributed by atoms with E-state index in [0.29, 0.717) is 22.4 Å². The molecule has 1 aliphatic rings. The van der Waals surface area contributed by atoms with Crippen molar-refractivity contribution < 1.29 is 0 Å². The molecule has 82 valence electrons. The maximum atomic E-state index is 8.85. The predicted molar refractivity (Wildman–Crippen MR) is 64.4 cm³/mol. The summed E-state index contributed by atoms with van der Waals surface area (Å²) in [6.45, 7) is 0. The second kappa shape index (κ2) is 5.00. The highest BCUT2D eigenvalue weighted by Crippen LogP contribution is 2.25. The maximum absolute atomic E-state index is 8.85. The van der Waals surface area contributed by atoms with E-state index in [4.69, 9.17) is 16.9 Å². The predicted octanol–water partition coefficient (Wildman–Crippen LogP) is 3.13. The van der Waals surface area contributed by atoms with Gasteiger partial charge in [-0.3, -0.25) is 0 Å². The Morgan fingerprint density at radius 2 is 2.38 bits per heavy atom. The lowest BCUT2D eigenvalue weighted by atomic mass is 10.0. The summed E-state index contributed by atoms with van der Waals surface area (Å²) in [5.41, 5.74) is 0.463. The fourth-order valence-corrected chi connectivity index (χ4v) is 1.96. The van der Waals surface area contributed by atoms with E-state index < -0.39 is 0 Å². The monoisotopic (exact) mass is 233 g/mol. The summed E-state index contributed by atoms with van der Waals surface area (Å²) >= 11 is 6.06. The Bertz CT molecular complexity index is 448. The van der Waals surface area contributed by atoms with Crippen LogP contribution in [0.5, 0.6) is 0 Å². The molecule has 0 saturated heterocycles. The Morgan fingerprint density at radius 3 is 3.06 bits per heavy atom. The Kier molecular flexibility index (Phi) is 3.43. The summed E-state index contributed by atoms with van der Waals surface area (Å²) in [7, 11) is 0. The summed E-state index contributed by atoms with van der Waals surface area (Å²) in [6, 6.07) is 4.03. The first-order chi connectivity index (χ1) is 7.81. The zero-order valence-corrected chi connectivity index (χ0v) is 9.54. The maximum Gasteiger partial charge on any atom is 0.146 e. The Hall–Kier alpha value is -1.53. The number of nitrogens with one attached hydrogen (secondary N) is 1. The number of hydrogen-bond donors (Lipinski definition) is 1. The highest BCUT2D eigenvalue weighted by atomic mass is 35.5. The lowest BCUT2D eigenvalue weighted by Crippen LogP contribution is -2.21. The Balaban J connectivity index is 2.15. The van der Waals surface area contributed by atoms with Crippen LogP contribution in [-0.2, 0) is 0 Å². The average molecular weight is 234 g/mol. The standard InChI is InChI=1S/C12H12ClN3/c13-11-9(8-14)6-7-15-12(11)16-10-4-2-1-3-5-10/h1-2,6-7,10H,3-5H2,(H,15,16). The van der Waals surface area contributed by atoms with Crippen molar-refractivity contribution in [3.05, 3.63) is 35.0 Å². The second-order valence-corrected chi connectivity index (χ2v) is 4.14. The first kappa shape index (κ1) is 11.0. The zero-order valence-electron chi connectivity index (χ0n) is 8.78. The van der Waals surface area contributed by atoms with E-state index in [1.54, 1.807) is 12.3 Å². The molecule has 1 unspecified atom stereocenters. The van der Waals surface area contributed by atoms with Gasteiger partial charge in [0.1, 0.15) is 16.9 Å². The van der Waals surface area contributed by atoms with Gasteiger partial charge in [-0.25, -0.2) is 4.98 Å². The molecule has 0 amide bonds. The molecule has 1 aromatic heterocycles. The van der Waals surface area contributed by atoms with E-state index in [2.05, 4.69) is 22.5 Å². The highest BCUT2D eigenvalue weighted by molar-refractivity contribution is 6.34. The van der Waals surface area contributed by atoms with Crippen LogP contribution in [0, 0.1) is 11.3 Å². The fraction of sp³-hybridized carbons (Fsp3) is 0.333. The van der Waals surface area contributed by atoms with E-state index in [1.165, 1.54) is 0 Å². The molecule has 1 N–H and O–H groups in total. The quantitative estimate of drug-likeness (QED) is 0.799. The number of pyridine rings is 1. The van der Waals surface area contributed by atoms with E-state index in [-0.39, 0.29) is 0 Å². The van der Waals surface area contributed by atoms with Crippen LogP contribution in [0.3, 0.4) is 0 Å². The van der Waals surface area contributed by atoms with Gasteiger partial charge in [0.05, 0.1) is 5.56 Å². The van der Waals surface area contributed by atoms with Gasteiger partial charge in [-0.1, -0.05) is 23.8 Å². The molecule has 3 nitrogen and oxygen atoms in total. The summed E-state index contributed by atoms with van der Waals surface area (Å²) < 4.78 is 0. The molecule has 0 saturated carbocycles. The molecule has 0 aromatic carbocycles. The average Bonchev–Trinajstić information content (AvgIpc) is 2.33. The SMILES string of the molecule is N#Cc1ccnc(NC2CC=CCC2)c1Cl. The Labute approximate surface area is 99.8 Å². The number of halogens is 1. The molecule has 0 radical (unpaired) electrons. The van der Waals surface area contributed by atoms with E-state index in [0.717, 1.165) is 19.3 Å². The van der Waals surface area contributed by atoms with Gasteiger partial charge in [0.2, 0.25) is 0 Å². The minimum absolute atomic E-state index is 0.365. The molecule has 2 rings (SSSR count). The second-order valence-electron chi connectivity index (χ2n) is 3.76. The van der Waals surface area contributed by atoms with Gasteiger partial charge in [-0.2, -0.15) is 5.26 Å². The van der Waals surface area contributed by atoms with Crippen molar-refractivity contribution in [2.75, 3.05) is 5.32 Å². The number of nitriles is 1. The number of rotatable bonds is 2. The normalized spacial score (nSPS) is 19.1. The van der Waals surface area contributed by atoms with Gasteiger partial charge in [0.15, 0.2) is 0 Å². The van der Waals surface area contributed by atoms with Crippen molar-refractivity contribution in [1.82, 2.24) is 4.98 Å². The summed E-state index contributed by atoms with van der Waals surface area (Å²) in [5, 5.41) is 12.5. The number of nitrogens with zero attached hydrogens (tertiary/aromatic N) is 2. The third kappa shape index (κ3) is 2.34. The van der Waals surface area contributed by atoms with Gasteiger partial charge in [-0.05, 0) is 25.3 Å². The van der Waals surface area contributed by atoms with Crippen LogP contribution < -0.4 is 5.32 Å². The molecule has 0 bridgehead atoms. The molecule has 1 aromatic rings. The molecule has 1 heterocycles. The van der Waals surface area contributed by atoms with Crippen molar-refractivity contribution in [2.24, 2.45) is 0 Å². The topological polar surface area (TPSA) is 48.7 Å². The number of allylic oxidation sites excluding steroid dienone is 1. The molecule has 0 spiro atoms. The lowest BCUT2D eigenvalue weighted by Gasteiger charge is -2.20. The van der Waals surface area contributed by atoms with Crippen LogP contribution >= 0.6 is 11.6 Å². The molecule has 1 aliphatic carbocycles. The molecular formula is C12H12ClN3. The first-order valence-electron chi connectivity index (χ1n) is 5.27. The molecule has 16 heavy (non-hydrogen) atoms. The van der Waals surface area contributed by atoms with E-state index >= 15 is 0 Å². The van der Waals surface area contributed by atoms with Gasteiger partial charge in [-0.15, -0.1) is 0 Å². The van der Waals surface area contributed by atoms with Crippen LogP contribution in [0.2, 0.25) is 5.02 Å². The summed E-state index contributed by atoms with van der Waals surface area (Å²) in [6.07, 6.45) is 9.07. The minimum atomic E-state index is 0.365. The molecule has 0 aliphatic heterocycles. The Morgan fingerprint density at radius 1 is 1.50 bits per heavy atom. The van der Waals surface area contributed by atoms with Crippen LogP contribution in [0.25, 0.3) is 0 Å². The molecule has 1 atom stereocenters. The smallest absolute Gasteiger partial charge is 0.146 e. The third-order valence-corrected chi connectivity index (χ3v) is 3.00. The van der Waals surface area contributed by atoms with Gasteiger partial charge in [0.25, 0.3) is 0 Å². The van der Waals surface area contributed by atoms with E-state index in [1.807, 2.05) is 6.07 Å². The van der Waals surface area contributed by atoms with Crippen molar-refractivity contribution in [3.63, 3.8) is 0 Å². The third-order valence-electron chi connectivity index (χ3n) is 2.62. The van der Waals surface area contributed by atoms with Gasteiger partial charge < -0.3 is 5.32 Å². The number of aromatic nitrogens is 1. The highest BCUT2D eigenvalue weighted by Gasteiger charge is 2.13. The van der Waals surface area contributed by atoms with Crippen molar-refractivity contribution in [2.45, 2.75) is 25.3 Å². The molecule has 0 fully saturated rings. The summed E-state index contributed by atoms with van der Waals surface area (Å²) in [5.74, 6) is 0.612. The van der Waals surface area contributed by atoms with Crippen molar-refractivity contribution >= 4 is 17.4 Å². The van der Waals surface area contributed by atoms with Crippen LogP contribution in [0.4, 0.5) is 5.82 Å². The van der Waals surface area contributed by atoms with Gasteiger partial charge >= 0.3 is 0 Å². The zero-order chi connectivity index (χ0) is 11.4. The van der Waals surface area contributed by atoms with Gasteiger partial charge in [0, 0.05) is 12.2 Å². The number of anilines is 1. The van der Waals surface area contributed by atoms with E-state index in [9.17, 15) is 0 Å². The van der Waals surface area contributed by atoms with Crippen molar-refractivity contribution in [3.8, 4) is 6.07 Å². The van der Waals surface area contributed by atoms with Crippen molar-refractivity contribution in [1.29, 1.82) is 5.26 Å². The number of hydrogen-bond acceptors (Lipinski definition) is 3. The fourth-order valence-electron chi connectivity index (χ4n) is 1.75. The minimum Gasteiger partial charge on any atom is -0.366 e. The largest absolute Gasteiger partial charge is 0.366 e. The molecular weight excluding hydrogens is 222 g/mol. The first-order valence-corrected chi connectivity index (χ1v) is 5.65. The molecule has 4 heteroatoms.